The quantitative estimate of drug-likeness (QED) is 0.678. The van der Waals surface area contributed by atoms with Crippen molar-refractivity contribution in [3.63, 3.8) is 0 Å². The van der Waals surface area contributed by atoms with Gasteiger partial charge < -0.3 is 5.32 Å². The molecule has 2 rings (SSSR count). The van der Waals surface area contributed by atoms with Gasteiger partial charge in [-0.15, -0.1) is 0 Å². The van der Waals surface area contributed by atoms with Crippen LogP contribution in [0.1, 0.15) is 46.0 Å². The third-order valence-electron chi connectivity index (χ3n) is 3.47. The summed E-state index contributed by atoms with van der Waals surface area (Å²) in [5.74, 6) is 1.85. The molecular weight excluding hydrogens is 146 g/mol. The van der Waals surface area contributed by atoms with E-state index in [2.05, 4.69) is 19.2 Å². The van der Waals surface area contributed by atoms with Gasteiger partial charge in [0.15, 0.2) is 0 Å². The fourth-order valence-corrected chi connectivity index (χ4v) is 2.33. The number of hydrogen-bond donors (Lipinski definition) is 1. The topological polar surface area (TPSA) is 12.0 Å². The van der Waals surface area contributed by atoms with E-state index in [4.69, 9.17) is 0 Å². The molecule has 0 amide bonds. The molecule has 70 valence electrons. The Morgan fingerprint density at radius 1 is 1.33 bits per heavy atom. The molecule has 2 aliphatic rings. The monoisotopic (exact) mass is 167 g/mol. The van der Waals surface area contributed by atoms with E-state index in [1.54, 1.807) is 0 Å². The van der Waals surface area contributed by atoms with Crippen molar-refractivity contribution in [2.24, 2.45) is 11.8 Å². The van der Waals surface area contributed by atoms with E-state index in [0.717, 1.165) is 11.8 Å². The van der Waals surface area contributed by atoms with Crippen LogP contribution >= 0.6 is 0 Å². The van der Waals surface area contributed by atoms with Crippen molar-refractivity contribution in [3.05, 3.63) is 0 Å². The van der Waals surface area contributed by atoms with Crippen LogP contribution in [0.3, 0.4) is 0 Å². The van der Waals surface area contributed by atoms with Gasteiger partial charge in [0, 0.05) is 5.54 Å². The predicted octanol–water partition coefficient (Wildman–Crippen LogP) is 2.56. The highest BCUT2D eigenvalue weighted by Crippen LogP contribution is 2.50. The average molecular weight is 167 g/mol. The highest BCUT2D eigenvalue weighted by atomic mass is 15.0. The van der Waals surface area contributed by atoms with E-state index in [1.807, 2.05) is 0 Å². The second-order valence-corrected chi connectivity index (χ2v) is 5.06. The van der Waals surface area contributed by atoms with Crippen molar-refractivity contribution in [3.8, 4) is 0 Å². The van der Waals surface area contributed by atoms with Crippen LogP contribution in [0.25, 0.3) is 0 Å². The lowest BCUT2D eigenvalue weighted by Gasteiger charge is -2.44. The molecule has 0 spiro atoms. The number of hydrogen-bond acceptors (Lipinski definition) is 1. The van der Waals surface area contributed by atoms with Crippen molar-refractivity contribution in [1.82, 2.24) is 5.32 Å². The summed E-state index contributed by atoms with van der Waals surface area (Å²) in [6.07, 6.45) is 7.34. The zero-order valence-electron chi connectivity index (χ0n) is 8.40. The molecule has 12 heavy (non-hydrogen) atoms. The standard InChI is InChI=1S/C11H21N/c1-9(2)8-12-11(6-3-7-11)10-4-5-10/h9-10,12H,3-8H2,1-2H3. The summed E-state index contributed by atoms with van der Waals surface area (Å²) in [5.41, 5.74) is 0.615. The van der Waals surface area contributed by atoms with Crippen LogP contribution < -0.4 is 5.32 Å². The molecular formula is C11H21N. The molecule has 0 heterocycles. The van der Waals surface area contributed by atoms with Crippen molar-refractivity contribution >= 4 is 0 Å². The highest BCUT2D eigenvalue weighted by molar-refractivity contribution is 5.06. The van der Waals surface area contributed by atoms with Crippen LogP contribution in [0.4, 0.5) is 0 Å². The van der Waals surface area contributed by atoms with Crippen LogP contribution in [0.2, 0.25) is 0 Å². The Kier molecular flexibility index (Phi) is 2.16. The molecule has 0 bridgehead atoms. The number of rotatable bonds is 4. The minimum Gasteiger partial charge on any atom is -0.311 e. The van der Waals surface area contributed by atoms with Crippen molar-refractivity contribution in [1.29, 1.82) is 0 Å². The largest absolute Gasteiger partial charge is 0.311 e. The van der Waals surface area contributed by atoms with Crippen LogP contribution in [-0.2, 0) is 0 Å². The van der Waals surface area contributed by atoms with E-state index in [1.165, 1.54) is 38.6 Å². The second-order valence-electron chi connectivity index (χ2n) is 5.06. The minimum absolute atomic E-state index is 0.615. The maximum Gasteiger partial charge on any atom is 0.0209 e. The van der Waals surface area contributed by atoms with E-state index in [-0.39, 0.29) is 0 Å². The molecule has 1 nitrogen and oxygen atoms in total. The van der Waals surface area contributed by atoms with Gasteiger partial charge in [0.25, 0.3) is 0 Å². The first-order valence-electron chi connectivity index (χ1n) is 5.48. The molecule has 2 aliphatic carbocycles. The molecule has 0 unspecified atom stereocenters. The van der Waals surface area contributed by atoms with Gasteiger partial charge in [-0.1, -0.05) is 13.8 Å². The third-order valence-corrected chi connectivity index (χ3v) is 3.47. The van der Waals surface area contributed by atoms with Crippen molar-refractivity contribution < 1.29 is 0 Å². The van der Waals surface area contributed by atoms with Gasteiger partial charge in [-0.05, 0) is 50.5 Å². The Balaban J connectivity index is 1.81. The highest BCUT2D eigenvalue weighted by Gasteiger charge is 2.48. The van der Waals surface area contributed by atoms with Gasteiger partial charge in [0.1, 0.15) is 0 Å². The lowest BCUT2D eigenvalue weighted by Crippen LogP contribution is -2.53. The summed E-state index contributed by atoms with van der Waals surface area (Å²) in [5, 5.41) is 3.79. The molecule has 0 aromatic heterocycles. The van der Waals surface area contributed by atoms with Crippen LogP contribution in [0.15, 0.2) is 0 Å². The van der Waals surface area contributed by atoms with Gasteiger partial charge >= 0.3 is 0 Å². The maximum atomic E-state index is 3.79. The van der Waals surface area contributed by atoms with E-state index in [0.29, 0.717) is 5.54 Å². The lowest BCUT2D eigenvalue weighted by atomic mass is 9.73. The molecule has 0 saturated heterocycles. The first-order chi connectivity index (χ1) is 5.73. The smallest absolute Gasteiger partial charge is 0.0209 e. The molecule has 0 aromatic rings. The SMILES string of the molecule is CC(C)CNC1(C2CC2)CCC1. The predicted molar refractivity (Wildman–Crippen MR) is 52.1 cm³/mol. The third kappa shape index (κ3) is 1.52. The zero-order chi connectivity index (χ0) is 8.60. The van der Waals surface area contributed by atoms with E-state index < -0.39 is 0 Å². The van der Waals surface area contributed by atoms with Crippen LogP contribution in [0, 0.1) is 11.8 Å². The summed E-state index contributed by atoms with van der Waals surface area (Å²) in [4.78, 5) is 0. The molecule has 0 radical (unpaired) electrons. The van der Waals surface area contributed by atoms with Gasteiger partial charge in [-0.2, -0.15) is 0 Å². The summed E-state index contributed by atoms with van der Waals surface area (Å²) < 4.78 is 0. The molecule has 0 aromatic carbocycles. The first-order valence-corrected chi connectivity index (χ1v) is 5.48. The molecule has 0 atom stereocenters. The number of nitrogens with one attached hydrogen (secondary N) is 1. The second kappa shape index (κ2) is 3.02. The van der Waals surface area contributed by atoms with Crippen molar-refractivity contribution in [2.75, 3.05) is 6.54 Å². The molecule has 1 N–H and O–H groups in total. The molecule has 1 heteroatoms. The van der Waals surface area contributed by atoms with E-state index in [9.17, 15) is 0 Å². The van der Waals surface area contributed by atoms with Gasteiger partial charge in [-0.3, -0.25) is 0 Å². The fraction of sp³-hybridized carbons (Fsp3) is 1.00. The van der Waals surface area contributed by atoms with Gasteiger partial charge in [0.05, 0.1) is 0 Å². The van der Waals surface area contributed by atoms with Crippen LogP contribution in [-0.4, -0.2) is 12.1 Å². The Hall–Kier alpha value is -0.0400. The van der Waals surface area contributed by atoms with Crippen LogP contribution in [0.5, 0.6) is 0 Å². The minimum atomic E-state index is 0.615. The first kappa shape index (κ1) is 8.55. The summed E-state index contributed by atoms with van der Waals surface area (Å²) >= 11 is 0. The van der Waals surface area contributed by atoms with E-state index >= 15 is 0 Å². The summed E-state index contributed by atoms with van der Waals surface area (Å²) in [6, 6.07) is 0. The van der Waals surface area contributed by atoms with Crippen molar-refractivity contribution in [2.45, 2.75) is 51.5 Å². The van der Waals surface area contributed by atoms with Gasteiger partial charge in [-0.25, -0.2) is 0 Å². The normalized spacial score (nSPS) is 27.2. The fourth-order valence-electron chi connectivity index (χ4n) is 2.33. The average Bonchev–Trinajstić information content (AvgIpc) is 2.67. The summed E-state index contributed by atoms with van der Waals surface area (Å²) in [6.45, 7) is 5.81. The molecule has 2 saturated carbocycles. The van der Waals surface area contributed by atoms with Gasteiger partial charge in [0.2, 0.25) is 0 Å². The maximum absolute atomic E-state index is 3.79. The summed E-state index contributed by atoms with van der Waals surface area (Å²) in [7, 11) is 0. The Labute approximate surface area is 75.9 Å². The zero-order valence-corrected chi connectivity index (χ0v) is 8.40. The lowest BCUT2D eigenvalue weighted by molar-refractivity contribution is 0.148. The molecule has 2 fully saturated rings. The molecule has 0 aliphatic heterocycles. The Bertz CT molecular complexity index is 154. The Morgan fingerprint density at radius 2 is 2.00 bits per heavy atom. The Morgan fingerprint density at radius 3 is 2.33 bits per heavy atom.